The molecule has 0 fully saturated rings. The van der Waals surface area contributed by atoms with Crippen LogP contribution in [0.1, 0.15) is 43.9 Å². The Kier molecular flexibility index (Phi) is 6.96. The number of anilines is 1. The van der Waals surface area contributed by atoms with Crippen LogP contribution < -0.4 is 5.32 Å². The van der Waals surface area contributed by atoms with Crippen LogP contribution in [0.25, 0.3) is 0 Å². The van der Waals surface area contributed by atoms with E-state index in [0.29, 0.717) is 16.3 Å². The molecule has 0 saturated heterocycles. The van der Waals surface area contributed by atoms with E-state index in [9.17, 15) is 13.6 Å². The van der Waals surface area contributed by atoms with Crippen LogP contribution in [0.3, 0.4) is 0 Å². The molecule has 0 atom stereocenters. The van der Waals surface area contributed by atoms with Crippen molar-refractivity contribution >= 4 is 29.8 Å². The third-order valence-electron chi connectivity index (χ3n) is 3.43. The van der Waals surface area contributed by atoms with Gasteiger partial charge in [0, 0.05) is 28.0 Å². The Hall–Kier alpha value is -2.41. The Morgan fingerprint density at radius 3 is 2.48 bits per heavy atom. The molecule has 0 heterocycles. The van der Waals surface area contributed by atoms with E-state index in [1.807, 2.05) is 30.3 Å². The predicted molar refractivity (Wildman–Crippen MR) is 105 cm³/mol. The van der Waals surface area contributed by atoms with Gasteiger partial charge < -0.3 is 10.1 Å². The van der Waals surface area contributed by atoms with Crippen LogP contribution >= 0.6 is 11.8 Å². The van der Waals surface area contributed by atoms with Crippen molar-refractivity contribution in [3.63, 3.8) is 0 Å². The van der Waals surface area contributed by atoms with Crippen molar-refractivity contribution in [1.82, 2.24) is 0 Å². The van der Waals surface area contributed by atoms with Gasteiger partial charge in [0.1, 0.15) is 5.60 Å². The van der Waals surface area contributed by atoms with Crippen LogP contribution in [0.5, 0.6) is 0 Å². The van der Waals surface area contributed by atoms with Crippen molar-refractivity contribution in [1.29, 1.82) is 5.41 Å². The molecule has 1 amide bonds. The van der Waals surface area contributed by atoms with E-state index in [1.165, 1.54) is 23.9 Å². The Labute approximate surface area is 161 Å². The number of carbonyl (C=O) groups excluding carboxylic acids is 1. The fraction of sp³-hybridized carbons (Fsp3) is 0.300. The summed E-state index contributed by atoms with van der Waals surface area (Å²) in [6, 6.07) is 12.1. The molecule has 0 aliphatic heterocycles. The Morgan fingerprint density at radius 1 is 1.26 bits per heavy atom. The Morgan fingerprint density at radius 2 is 1.93 bits per heavy atom. The van der Waals surface area contributed by atoms with Crippen LogP contribution in [0.2, 0.25) is 0 Å². The van der Waals surface area contributed by atoms with Crippen LogP contribution in [0, 0.1) is 5.41 Å². The summed E-state index contributed by atoms with van der Waals surface area (Å²) in [6.07, 6.45) is -2.42. The maximum atomic E-state index is 13.2. The minimum Gasteiger partial charge on any atom is -0.444 e. The molecule has 0 aliphatic carbocycles. The molecule has 0 radical (unpaired) electrons. The number of rotatable bonds is 6. The predicted octanol–water partition coefficient (Wildman–Crippen LogP) is 6.26. The minimum atomic E-state index is -2.67. The fourth-order valence-electron chi connectivity index (χ4n) is 2.29. The summed E-state index contributed by atoms with van der Waals surface area (Å²) in [5.74, 6) is 0.536. The lowest BCUT2D eigenvalue weighted by atomic mass is 10.1. The zero-order valence-corrected chi connectivity index (χ0v) is 16.2. The number of amides is 1. The van der Waals surface area contributed by atoms with E-state index >= 15 is 0 Å². The molecule has 2 N–H and O–H groups in total. The monoisotopic (exact) mass is 392 g/mol. The summed E-state index contributed by atoms with van der Waals surface area (Å²) < 4.78 is 31.7. The van der Waals surface area contributed by atoms with Gasteiger partial charge in [0.25, 0.3) is 6.43 Å². The summed E-state index contributed by atoms with van der Waals surface area (Å²) in [5.41, 5.74) is 0.622. The molecule has 7 heteroatoms. The number of alkyl halides is 2. The smallest absolute Gasteiger partial charge is 0.412 e. The zero-order valence-electron chi connectivity index (χ0n) is 15.4. The van der Waals surface area contributed by atoms with Crippen molar-refractivity contribution in [2.24, 2.45) is 0 Å². The van der Waals surface area contributed by atoms with Crippen LogP contribution in [0.15, 0.2) is 47.4 Å². The molecule has 0 aliphatic rings. The van der Waals surface area contributed by atoms with Gasteiger partial charge in [0.15, 0.2) is 0 Å². The van der Waals surface area contributed by atoms with E-state index in [1.54, 1.807) is 20.8 Å². The highest BCUT2D eigenvalue weighted by Crippen LogP contribution is 2.36. The number of thioether (sulfide) groups is 1. The first-order chi connectivity index (χ1) is 12.7. The average molecular weight is 392 g/mol. The first-order valence-electron chi connectivity index (χ1n) is 8.33. The van der Waals surface area contributed by atoms with Crippen molar-refractivity contribution in [2.75, 3.05) is 5.32 Å². The molecule has 0 bridgehead atoms. The largest absolute Gasteiger partial charge is 0.444 e. The van der Waals surface area contributed by atoms with Crippen molar-refractivity contribution < 1.29 is 18.3 Å². The standard InChI is InChI=1S/C20H22F2N2O2S/c1-20(2,3)26-19(25)24-17-15(11-23)9-14(18(21)22)10-16(17)27-12-13-7-5-4-6-8-13/h4-11,18,23H,12H2,1-3H3,(H,24,25). The SMILES string of the molecule is CC(C)(C)OC(=O)Nc1c(C=N)cc(C(F)F)cc1SCc1ccccc1. The second kappa shape index (κ2) is 8.99. The second-order valence-electron chi connectivity index (χ2n) is 6.83. The normalized spacial score (nSPS) is 11.3. The molecular weight excluding hydrogens is 370 g/mol. The first kappa shape index (κ1) is 20.9. The molecule has 2 aromatic carbocycles. The lowest BCUT2D eigenvalue weighted by molar-refractivity contribution is 0.0635. The number of nitrogens with one attached hydrogen (secondary N) is 2. The quantitative estimate of drug-likeness (QED) is 0.450. The second-order valence-corrected chi connectivity index (χ2v) is 7.85. The summed E-state index contributed by atoms with van der Waals surface area (Å²) in [7, 11) is 0. The number of benzene rings is 2. The van der Waals surface area contributed by atoms with Gasteiger partial charge >= 0.3 is 6.09 Å². The van der Waals surface area contributed by atoms with Crippen LogP contribution in [0.4, 0.5) is 19.3 Å². The molecule has 0 unspecified atom stereocenters. The maximum Gasteiger partial charge on any atom is 0.412 e. The number of hydrogen-bond acceptors (Lipinski definition) is 4. The first-order valence-corrected chi connectivity index (χ1v) is 9.31. The molecule has 0 spiro atoms. The van der Waals surface area contributed by atoms with Crippen LogP contribution in [-0.2, 0) is 10.5 Å². The molecular formula is C20H22F2N2O2S. The molecule has 27 heavy (non-hydrogen) atoms. The zero-order chi connectivity index (χ0) is 20.0. The van der Waals surface area contributed by atoms with Gasteiger partial charge in [0.2, 0.25) is 0 Å². The van der Waals surface area contributed by atoms with E-state index < -0.39 is 18.1 Å². The molecule has 0 saturated carbocycles. The van der Waals surface area contributed by atoms with E-state index in [-0.39, 0.29) is 11.1 Å². The van der Waals surface area contributed by atoms with Gasteiger partial charge in [-0.3, -0.25) is 5.32 Å². The van der Waals surface area contributed by atoms with E-state index in [0.717, 1.165) is 11.8 Å². The lowest BCUT2D eigenvalue weighted by Gasteiger charge is -2.21. The Balaban J connectivity index is 2.36. The number of carbonyl (C=O) groups is 1. The minimum absolute atomic E-state index is 0.196. The highest BCUT2D eigenvalue weighted by molar-refractivity contribution is 7.98. The molecule has 2 aromatic rings. The van der Waals surface area contributed by atoms with Gasteiger partial charge in [-0.05, 0) is 38.5 Å². The van der Waals surface area contributed by atoms with Gasteiger partial charge in [-0.15, -0.1) is 11.8 Å². The molecule has 2 rings (SSSR count). The van der Waals surface area contributed by atoms with Crippen LogP contribution in [-0.4, -0.2) is 17.9 Å². The molecule has 144 valence electrons. The highest BCUT2D eigenvalue weighted by atomic mass is 32.2. The lowest BCUT2D eigenvalue weighted by Crippen LogP contribution is -2.27. The van der Waals surface area contributed by atoms with E-state index in [2.05, 4.69) is 5.32 Å². The Bertz CT molecular complexity index is 806. The maximum absolute atomic E-state index is 13.2. The van der Waals surface area contributed by atoms with Gasteiger partial charge in [-0.1, -0.05) is 30.3 Å². The summed E-state index contributed by atoms with van der Waals surface area (Å²) in [4.78, 5) is 12.6. The van der Waals surface area contributed by atoms with E-state index in [4.69, 9.17) is 10.1 Å². The summed E-state index contributed by atoms with van der Waals surface area (Å²) >= 11 is 1.31. The van der Waals surface area contributed by atoms with Crippen molar-refractivity contribution in [2.45, 2.75) is 43.4 Å². The third-order valence-corrected chi connectivity index (χ3v) is 4.54. The third kappa shape index (κ3) is 6.36. The average Bonchev–Trinajstić information content (AvgIpc) is 2.59. The number of halogens is 2. The topological polar surface area (TPSA) is 62.2 Å². The molecule has 0 aromatic heterocycles. The molecule has 4 nitrogen and oxygen atoms in total. The number of hydrogen-bond donors (Lipinski definition) is 2. The van der Waals surface area contributed by atoms with Crippen molar-refractivity contribution in [3.8, 4) is 0 Å². The van der Waals surface area contributed by atoms with Gasteiger partial charge in [-0.2, -0.15) is 0 Å². The summed E-state index contributed by atoms with van der Waals surface area (Å²) in [5, 5.41) is 10.2. The number of ether oxygens (including phenoxy) is 1. The highest BCUT2D eigenvalue weighted by Gasteiger charge is 2.21. The van der Waals surface area contributed by atoms with Gasteiger partial charge in [0.05, 0.1) is 5.69 Å². The van der Waals surface area contributed by atoms with Crippen molar-refractivity contribution in [3.05, 3.63) is 59.2 Å². The summed E-state index contributed by atoms with van der Waals surface area (Å²) in [6.45, 7) is 5.19. The van der Waals surface area contributed by atoms with Gasteiger partial charge in [-0.25, -0.2) is 13.6 Å². The fourth-order valence-corrected chi connectivity index (χ4v) is 3.33.